The Morgan fingerprint density at radius 1 is 1.00 bits per heavy atom. The Labute approximate surface area is 81.1 Å². The first-order valence-corrected chi connectivity index (χ1v) is 2.63. The van der Waals surface area contributed by atoms with Crippen molar-refractivity contribution in [3.8, 4) is 0 Å². The second-order valence-electron chi connectivity index (χ2n) is 0.983. The van der Waals surface area contributed by atoms with E-state index >= 15 is 0 Å². The largest absolute Gasteiger partial charge is 2.00 e. The molecule has 0 aromatic heterocycles. The van der Waals surface area contributed by atoms with Crippen LogP contribution >= 0.6 is 0 Å². The summed E-state index contributed by atoms with van der Waals surface area (Å²) in [5, 5.41) is -0.500. The topological polar surface area (TPSA) is 34.1 Å². The van der Waals surface area contributed by atoms with Gasteiger partial charge in [0.05, 0.1) is 0 Å². The molecule has 0 bridgehead atoms. The van der Waals surface area contributed by atoms with Crippen molar-refractivity contribution in [3.63, 3.8) is 0 Å². The van der Waals surface area contributed by atoms with E-state index in [0.29, 0.717) is 0 Å². The van der Waals surface area contributed by atoms with Crippen molar-refractivity contribution in [2.75, 3.05) is 0 Å². The zero-order valence-electron chi connectivity index (χ0n) is 4.93. The summed E-state index contributed by atoms with van der Waals surface area (Å²) < 4.78 is 0. The molecule has 0 saturated carbocycles. The molecule has 0 aromatic carbocycles. The number of carbonyl (C=O) groups is 2. The fourth-order valence-corrected chi connectivity index (χ4v) is 0. The van der Waals surface area contributed by atoms with Gasteiger partial charge in [-0.3, -0.25) is 0 Å². The second kappa shape index (κ2) is 11.3. The molecule has 0 spiro atoms. The third-order valence-electron chi connectivity index (χ3n) is 0. The number of rotatable bonds is 0. The summed E-state index contributed by atoms with van der Waals surface area (Å²) in [7, 11) is 0. The molecule has 0 atom stereocenters. The molecular formula is C4H6AgO2S2. The number of hydrogen-bond acceptors (Lipinski definition) is 4. The minimum atomic E-state index is -0.250. The van der Waals surface area contributed by atoms with Gasteiger partial charge in [0, 0.05) is 10.2 Å². The second-order valence-corrected chi connectivity index (χ2v) is 2.13. The summed E-state index contributed by atoms with van der Waals surface area (Å²) in [5.41, 5.74) is 0. The van der Waals surface area contributed by atoms with Crippen LogP contribution in [0.2, 0.25) is 0 Å². The molecular weight excluding hydrogens is 252 g/mol. The zero-order chi connectivity index (χ0) is 7.15. The standard InChI is InChI=1S/2C2H4OS.Ag/c2*1-2(3)4;/h2*1H3,(H,3,4);/q;;+2/p-2. The van der Waals surface area contributed by atoms with Gasteiger partial charge in [0.1, 0.15) is 0 Å². The van der Waals surface area contributed by atoms with Gasteiger partial charge in [0.2, 0.25) is 0 Å². The molecule has 0 aliphatic heterocycles. The predicted molar refractivity (Wildman–Crippen MR) is 36.1 cm³/mol. The molecule has 5 heteroatoms. The summed E-state index contributed by atoms with van der Waals surface area (Å²) in [4.78, 5) is 18.5. The van der Waals surface area contributed by atoms with E-state index in [1.807, 2.05) is 0 Å². The predicted octanol–water partition coefficient (Wildman–Crippen LogP) is 0.157. The fourth-order valence-electron chi connectivity index (χ4n) is 0. The van der Waals surface area contributed by atoms with Gasteiger partial charge in [0.15, 0.2) is 0 Å². The molecule has 0 aliphatic carbocycles. The summed E-state index contributed by atoms with van der Waals surface area (Å²) in [6.07, 6.45) is 0. The molecule has 0 unspecified atom stereocenters. The minimum absolute atomic E-state index is 0. The molecule has 0 saturated heterocycles. The van der Waals surface area contributed by atoms with Crippen molar-refractivity contribution < 1.29 is 32.0 Å². The normalized spacial score (nSPS) is 5.56. The molecule has 0 aromatic rings. The number of carbonyl (C=O) groups excluding carboxylic acids is 2. The van der Waals surface area contributed by atoms with Crippen molar-refractivity contribution in [1.82, 2.24) is 0 Å². The summed E-state index contributed by atoms with van der Waals surface area (Å²) >= 11 is 7.96. The molecule has 0 fully saturated rings. The average molecular weight is 258 g/mol. The molecule has 0 N–H and O–H groups in total. The van der Waals surface area contributed by atoms with Crippen LogP contribution in [0.5, 0.6) is 0 Å². The number of hydrogen-bond donors (Lipinski definition) is 0. The van der Waals surface area contributed by atoms with Crippen LogP contribution in [0.15, 0.2) is 0 Å². The van der Waals surface area contributed by atoms with E-state index < -0.39 is 0 Å². The van der Waals surface area contributed by atoms with E-state index in [1.54, 1.807) is 0 Å². The Morgan fingerprint density at radius 2 is 1.00 bits per heavy atom. The van der Waals surface area contributed by atoms with E-state index in [9.17, 15) is 9.59 Å². The quantitative estimate of drug-likeness (QED) is 0.458. The van der Waals surface area contributed by atoms with Crippen molar-refractivity contribution in [2.45, 2.75) is 13.8 Å². The zero-order valence-corrected chi connectivity index (χ0v) is 8.05. The average Bonchev–Trinajstić information content (AvgIpc) is 1.25. The maximum atomic E-state index is 9.26. The smallest absolute Gasteiger partial charge is 0.742 e. The van der Waals surface area contributed by atoms with Crippen molar-refractivity contribution >= 4 is 35.5 Å². The molecule has 57 valence electrons. The van der Waals surface area contributed by atoms with Gasteiger partial charge in [-0.05, 0) is 13.8 Å². The van der Waals surface area contributed by atoms with Crippen LogP contribution < -0.4 is 0 Å². The SMILES string of the molecule is CC(=O)[S-].CC(=O)[S-].[Ag+2]. The maximum absolute atomic E-state index is 9.26. The molecule has 0 aliphatic rings. The Kier molecular flexibility index (Phi) is 20.5. The Morgan fingerprint density at radius 3 is 1.00 bits per heavy atom. The van der Waals surface area contributed by atoms with Crippen LogP contribution in [0.25, 0.3) is 0 Å². The molecule has 1 radical (unpaired) electrons. The Hall–Kier alpha value is 0.520. The van der Waals surface area contributed by atoms with Crippen molar-refractivity contribution in [3.05, 3.63) is 0 Å². The Bertz CT molecular complexity index is 74.6. The van der Waals surface area contributed by atoms with Crippen LogP contribution in [0.4, 0.5) is 0 Å². The van der Waals surface area contributed by atoms with E-state index in [2.05, 4.69) is 25.3 Å². The van der Waals surface area contributed by atoms with Crippen LogP contribution in [0, 0.1) is 0 Å². The molecule has 0 rings (SSSR count). The third kappa shape index (κ3) is 1340. The molecule has 9 heavy (non-hydrogen) atoms. The minimum Gasteiger partial charge on any atom is -0.742 e. The van der Waals surface area contributed by atoms with Gasteiger partial charge in [0.25, 0.3) is 0 Å². The van der Waals surface area contributed by atoms with Crippen LogP contribution in [-0.2, 0) is 57.2 Å². The summed E-state index contributed by atoms with van der Waals surface area (Å²) in [6, 6.07) is 0. The van der Waals surface area contributed by atoms with Crippen molar-refractivity contribution in [2.24, 2.45) is 0 Å². The van der Waals surface area contributed by atoms with Gasteiger partial charge < -0.3 is 34.8 Å². The summed E-state index contributed by atoms with van der Waals surface area (Å²) in [5.74, 6) is 0. The van der Waals surface area contributed by atoms with Gasteiger partial charge in [-0.2, -0.15) is 0 Å². The van der Waals surface area contributed by atoms with Gasteiger partial charge in [-0.1, -0.05) is 0 Å². The maximum Gasteiger partial charge on any atom is 2.00 e. The van der Waals surface area contributed by atoms with Gasteiger partial charge >= 0.3 is 22.4 Å². The first kappa shape index (κ1) is 16.3. The van der Waals surface area contributed by atoms with Crippen LogP contribution in [0.3, 0.4) is 0 Å². The third-order valence-corrected chi connectivity index (χ3v) is 0. The van der Waals surface area contributed by atoms with Crippen LogP contribution in [0.1, 0.15) is 13.8 Å². The molecule has 0 heterocycles. The van der Waals surface area contributed by atoms with Gasteiger partial charge in [-0.15, -0.1) is 0 Å². The summed E-state index contributed by atoms with van der Waals surface area (Å²) in [6.45, 7) is 2.69. The monoisotopic (exact) mass is 257 g/mol. The van der Waals surface area contributed by atoms with E-state index in [0.717, 1.165) is 0 Å². The van der Waals surface area contributed by atoms with E-state index in [4.69, 9.17) is 0 Å². The van der Waals surface area contributed by atoms with Crippen molar-refractivity contribution in [1.29, 1.82) is 0 Å². The van der Waals surface area contributed by atoms with E-state index in [-0.39, 0.29) is 32.6 Å². The molecule has 2 nitrogen and oxygen atoms in total. The fraction of sp³-hybridized carbons (Fsp3) is 0.500. The first-order valence-electron chi connectivity index (χ1n) is 1.82. The Balaban J connectivity index is -0.0000000720. The molecule has 0 amide bonds. The van der Waals surface area contributed by atoms with Crippen LogP contribution in [-0.4, -0.2) is 10.2 Å². The van der Waals surface area contributed by atoms with E-state index in [1.165, 1.54) is 13.8 Å². The first-order chi connectivity index (χ1) is 3.46. The van der Waals surface area contributed by atoms with Gasteiger partial charge in [-0.25, -0.2) is 0 Å².